The van der Waals surface area contributed by atoms with Crippen LogP contribution in [0, 0.1) is 5.92 Å². The molecule has 0 N–H and O–H groups in total. The van der Waals surface area contributed by atoms with Gasteiger partial charge in [-0.25, -0.2) is 0 Å². The number of hydrogen-bond acceptors (Lipinski definition) is 0. The first kappa shape index (κ1) is 6.21. The minimum absolute atomic E-state index is 0.977. The number of hydrogen-bond donors (Lipinski definition) is 0. The van der Waals surface area contributed by atoms with Crippen LogP contribution in [-0.2, 0) is 0 Å². The molecule has 0 heterocycles. The van der Waals surface area contributed by atoms with Crippen molar-refractivity contribution in [1.82, 2.24) is 0 Å². The number of allylic oxidation sites excluding steroid dienone is 4. The normalized spacial score (nSPS) is 25.8. The molecule has 0 spiro atoms. The third-order valence-electron chi connectivity index (χ3n) is 2.68. The molecule has 0 radical (unpaired) electrons. The summed E-state index contributed by atoms with van der Waals surface area (Å²) in [5.41, 5.74) is 1.72. The van der Waals surface area contributed by atoms with Crippen LogP contribution in [0.25, 0.3) is 0 Å². The van der Waals surface area contributed by atoms with E-state index in [0.29, 0.717) is 0 Å². The van der Waals surface area contributed by atoms with Crippen molar-refractivity contribution in [3.05, 3.63) is 23.8 Å². The van der Waals surface area contributed by atoms with Crippen LogP contribution in [0.2, 0.25) is 0 Å². The van der Waals surface area contributed by atoms with Crippen LogP contribution in [0.3, 0.4) is 0 Å². The molecule has 1 fully saturated rings. The summed E-state index contributed by atoms with van der Waals surface area (Å²) in [5, 5.41) is 0. The van der Waals surface area contributed by atoms with E-state index in [4.69, 9.17) is 0 Å². The van der Waals surface area contributed by atoms with Crippen molar-refractivity contribution >= 4 is 0 Å². The standard InChI is InChI=1S/C10H14/c1-2-5-9(6-3-1)10-7-4-8-10/h1-2,5,10H,3-4,6-8H2. The van der Waals surface area contributed by atoms with E-state index in [1.165, 1.54) is 32.1 Å². The van der Waals surface area contributed by atoms with Crippen molar-refractivity contribution in [2.75, 3.05) is 0 Å². The van der Waals surface area contributed by atoms with E-state index >= 15 is 0 Å². The van der Waals surface area contributed by atoms with E-state index in [1.54, 1.807) is 5.57 Å². The lowest BCUT2D eigenvalue weighted by Gasteiger charge is -2.28. The van der Waals surface area contributed by atoms with Gasteiger partial charge in [0, 0.05) is 0 Å². The van der Waals surface area contributed by atoms with Crippen LogP contribution in [0.5, 0.6) is 0 Å². The SMILES string of the molecule is C1=CCCC(C2CCC2)=C1. The first-order valence-electron chi connectivity index (χ1n) is 4.32. The predicted octanol–water partition coefficient (Wildman–Crippen LogP) is 3.06. The maximum Gasteiger partial charge on any atom is -0.0200 e. The number of rotatable bonds is 1. The largest absolute Gasteiger partial charge is 0.0842 e. The molecule has 0 aliphatic heterocycles. The Bertz CT molecular complexity index is 170. The summed E-state index contributed by atoms with van der Waals surface area (Å²) in [7, 11) is 0. The highest BCUT2D eigenvalue weighted by atomic mass is 14.3. The van der Waals surface area contributed by atoms with Gasteiger partial charge >= 0.3 is 0 Å². The van der Waals surface area contributed by atoms with E-state index in [0.717, 1.165) is 5.92 Å². The van der Waals surface area contributed by atoms with Gasteiger partial charge in [-0.05, 0) is 31.6 Å². The lowest BCUT2D eigenvalue weighted by Crippen LogP contribution is -2.14. The smallest absolute Gasteiger partial charge is 0.0200 e. The molecule has 10 heavy (non-hydrogen) atoms. The molecule has 0 heteroatoms. The lowest BCUT2D eigenvalue weighted by atomic mass is 9.77. The molecular formula is C10H14. The van der Waals surface area contributed by atoms with Crippen molar-refractivity contribution in [2.45, 2.75) is 32.1 Å². The van der Waals surface area contributed by atoms with E-state index in [-0.39, 0.29) is 0 Å². The van der Waals surface area contributed by atoms with Gasteiger partial charge in [-0.2, -0.15) is 0 Å². The fourth-order valence-electron chi connectivity index (χ4n) is 1.74. The molecule has 0 aromatic carbocycles. The zero-order valence-electron chi connectivity index (χ0n) is 6.34. The second-order valence-corrected chi connectivity index (χ2v) is 3.34. The summed E-state index contributed by atoms with van der Waals surface area (Å²) in [6, 6.07) is 0. The average Bonchev–Trinajstić information content (AvgIpc) is 1.86. The highest BCUT2D eigenvalue weighted by Crippen LogP contribution is 2.36. The van der Waals surface area contributed by atoms with Gasteiger partial charge < -0.3 is 0 Å². The summed E-state index contributed by atoms with van der Waals surface area (Å²) >= 11 is 0. The van der Waals surface area contributed by atoms with Crippen molar-refractivity contribution < 1.29 is 0 Å². The van der Waals surface area contributed by atoms with E-state index in [1.807, 2.05) is 0 Å². The Morgan fingerprint density at radius 1 is 1.30 bits per heavy atom. The quantitative estimate of drug-likeness (QED) is 0.517. The van der Waals surface area contributed by atoms with Gasteiger partial charge in [-0.15, -0.1) is 0 Å². The summed E-state index contributed by atoms with van der Waals surface area (Å²) in [6.07, 6.45) is 13.8. The van der Waals surface area contributed by atoms with Crippen LogP contribution >= 0.6 is 0 Å². The van der Waals surface area contributed by atoms with E-state index in [2.05, 4.69) is 18.2 Å². The molecule has 0 atom stereocenters. The topological polar surface area (TPSA) is 0 Å². The zero-order valence-corrected chi connectivity index (χ0v) is 6.34. The maximum absolute atomic E-state index is 2.33. The van der Waals surface area contributed by atoms with Crippen LogP contribution in [0.4, 0.5) is 0 Å². The molecule has 2 rings (SSSR count). The van der Waals surface area contributed by atoms with Crippen molar-refractivity contribution in [3.63, 3.8) is 0 Å². The van der Waals surface area contributed by atoms with Crippen LogP contribution < -0.4 is 0 Å². The molecule has 0 bridgehead atoms. The first-order valence-corrected chi connectivity index (χ1v) is 4.32. The Hall–Kier alpha value is -0.520. The van der Waals surface area contributed by atoms with Gasteiger partial charge in [0.25, 0.3) is 0 Å². The Labute approximate surface area is 62.6 Å². The van der Waals surface area contributed by atoms with Crippen LogP contribution in [0.1, 0.15) is 32.1 Å². The third-order valence-corrected chi connectivity index (χ3v) is 2.68. The second-order valence-electron chi connectivity index (χ2n) is 3.34. The minimum atomic E-state index is 0.977. The van der Waals surface area contributed by atoms with Gasteiger partial charge in [-0.1, -0.05) is 30.2 Å². The molecule has 2 aliphatic rings. The maximum atomic E-state index is 2.33. The molecule has 54 valence electrons. The van der Waals surface area contributed by atoms with Gasteiger partial charge in [0.1, 0.15) is 0 Å². The molecule has 0 nitrogen and oxygen atoms in total. The van der Waals surface area contributed by atoms with Crippen molar-refractivity contribution in [2.24, 2.45) is 5.92 Å². The highest BCUT2D eigenvalue weighted by Gasteiger charge is 2.21. The second kappa shape index (κ2) is 2.61. The highest BCUT2D eigenvalue weighted by molar-refractivity contribution is 5.21. The van der Waals surface area contributed by atoms with Gasteiger partial charge in [0.15, 0.2) is 0 Å². The van der Waals surface area contributed by atoms with Gasteiger partial charge in [0.2, 0.25) is 0 Å². The zero-order chi connectivity index (χ0) is 6.81. The van der Waals surface area contributed by atoms with Gasteiger partial charge in [0.05, 0.1) is 0 Å². The van der Waals surface area contributed by atoms with Gasteiger partial charge in [-0.3, -0.25) is 0 Å². The fraction of sp³-hybridized carbons (Fsp3) is 0.600. The van der Waals surface area contributed by atoms with Crippen molar-refractivity contribution in [1.29, 1.82) is 0 Å². The first-order chi connectivity index (χ1) is 4.97. The molecule has 0 aromatic rings. The molecule has 0 saturated heterocycles. The van der Waals surface area contributed by atoms with Crippen LogP contribution in [0.15, 0.2) is 23.8 Å². The van der Waals surface area contributed by atoms with E-state index < -0.39 is 0 Å². The summed E-state index contributed by atoms with van der Waals surface area (Å²) in [4.78, 5) is 0. The summed E-state index contributed by atoms with van der Waals surface area (Å²) in [6.45, 7) is 0. The average molecular weight is 134 g/mol. The molecule has 1 saturated carbocycles. The molecular weight excluding hydrogens is 120 g/mol. The Balaban J connectivity index is 2.01. The molecule has 0 unspecified atom stereocenters. The monoisotopic (exact) mass is 134 g/mol. The third kappa shape index (κ3) is 1.03. The Morgan fingerprint density at radius 2 is 2.20 bits per heavy atom. The van der Waals surface area contributed by atoms with E-state index in [9.17, 15) is 0 Å². The molecule has 0 amide bonds. The summed E-state index contributed by atoms with van der Waals surface area (Å²) < 4.78 is 0. The fourth-order valence-corrected chi connectivity index (χ4v) is 1.74. The predicted molar refractivity (Wildman–Crippen MR) is 43.8 cm³/mol. The summed E-state index contributed by atoms with van der Waals surface area (Å²) in [5.74, 6) is 0.977. The molecule has 0 aromatic heterocycles. The van der Waals surface area contributed by atoms with Crippen LogP contribution in [-0.4, -0.2) is 0 Å². The lowest BCUT2D eigenvalue weighted by molar-refractivity contribution is 0.358. The van der Waals surface area contributed by atoms with Crippen molar-refractivity contribution in [3.8, 4) is 0 Å². The minimum Gasteiger partial charge on any atom is -0.0842 e. The Morgan fingerprint density at radius 3 is 2.70 bits per heavy atom. The Kier molecular flexibility index (Phi) is 1.62. The molecule has 2 aliphatic carbocycles.